The monoisotopic (exact) mass is 505 g/mol. The molecule has 10 heteroatoms. The van der Waals surface area contributed by atoms with Crippen molar-refractivity contribution in [1.82, 2.24) is 14.3 Å². The molecule has 35 heavy (non-hydrogen) atoms. The summed E-state index contributed by atoms with van der Waals surface area (Å²) in [6.07, 6.45) is 0.307. The first-order chi connectivity index (χ1) is 17.0. The van der Waals surface area contributed by atoms with Gasteiger partial charge >= 0.3 is 0 Å². The molecule has 0 saturated carbocycles. The molecule has 1 atom stereocenters. The fourth-order valence-electron chi connectivity index (χ4n) is 4.36. The van der Waals surface area contributed by atoms with Crippen LogP contribution in [0.5, 0.6) is 0 Å². The molecule has 1 aliphatic rings. The van der Waals surface area contributed by atoms with Gasteiger partial charge in [-0.1, -0.05) is 42.5 Å². The van der Waals surface area contributed by atoms with E-state index >= 15 is 0 Å². The highest BCUT2D eigenvalue weighted by Crippen LogP contribution is 2.30. The Morgan fingerprint density at radius 1 is 1.11 bits per heavy atom. The maximum Gasteiger partial charge on any atom is 0.273 e. The normalized spacial score (nSPS) is 15.9. The van der Waals surface area contributed by atoms with E-state index in [2.05, 4.69) is 14.3 Å². The molecule has 4 aromatic rings. The molecule has 0 spiro atoms. The van der Waals surface area contributed by atoms with Crippen molar-refractivity contribution >= 4 is 39.6 Å². The van der Waals surface area contributed by atoms with Crippen LogP contribution in [0.15, 0.2) is 66.0 Å². The van der Waals surface area contributed by atoms with Crippen LogP contribution in [0.25, 0.3) is 10.4 Å². The Morgan fingerprint density at radius 2 is 1.91 bits per heavy atom. The second-order valence-corrected chi connectivity index (χ2v) is 10.1. The zero-order valence-electron chi connectivity index (χ0n) is 19.0. The Bertz CT molecular complexity index is 1350. The van der Waals surface area contributed by atoms with Crippen LogP contribution in [0, 0.1) is 10.1 Å². The van der Waals surface area contributed by atoms with Gasteiger partial charge in [-0.05, 0) is 24.4 Å². The molecule has 3 heterocycles. The number of para-hydroxylation sites is 1. The number of rotatable bonds is 6. The first-order valence-corrected chi connectivity index (χ1v) is 12.9. The number of hydrogen-bond acceptors (Lipinski definition) is 8. The summed E-state index contributed by atoms with van der Waals surface area (Å²) < 4.78 is 4.44. The van der Waals surface area contributed by atoms with Crippen LogP contribution in [-0.4, -0.2) is 50.8 Å². The lowest BCUT2D eigenvalue weighted by molar-refractivity contribution is -0.385. The molecule has 2 aromatic heterocycles. The van der Waals surface area contributed by atoms with Crippen LogP contribution in [0.1, 0.15) is 28.7 Å². The van der Waals surface area contributed by atoms with Gasteiger partial charge < -0.3 is 9.80 Å². The Kier molecular flexibility index (Phi) is 6.56. The lowest BCUT2D eigenvalue weighted by Gasteiger charge is -2.39. The molecule has 0 bridgehead atoms. The Labute approximate surface area is 210 Å². The largest absolute Gasteiger partial charge is 0.343 e. The second-order valence-electron chi connectivity index (χ2n) is 8.37. The lowest BCUT2D eigenvalue weighted by Crippen LogP contribution is -2.54. The number of aromatic nitrogens is 2. The fraction of sp³-hybridized carbons (Fsp3) is 0.240. The van der Waals surface area contributed by atoms with Gasteiger partial charge in [-0.2, -0.15) is 4.37 Å². The van der Waals surface area contributed by atoms with Crippen LogP contribution in [0.3, 0.4) is 0 Å². The summed E-state index contributed by atoms with van der Waals surface area (Å²) in [5.41, 5.74) is 2.35. The minimum Gasteiger partial charge on any atom is -0.343 e. The molecular weight excluding hydrogens is 482 g/mol. The van der Waals surface area contributed by atoms with Gasteiger partial charge in [0, 0.05) is 71.3 Å². The maximum absolute atomic E-state index is 13.5. The van der Waals surface area contributed by atoms with Crippen LogP contribution in [0.4, 0.5) is 10.8 Å². The van der Waals surface area contributed by atoms with E-state index in [9.17, 15) is 14.9 Å². The van der Waals surface area contributed by atoms with Gasteiger partial charge in [-0.15, -0.1) is 11.3 Å². The first-order valence-electron chi connectivity index (χ1n) is 11.2. The molecule has 2 aromatic carbocycles. The average Bonchev–Trinajstić information content (AvgIpc) is 3.57. The smallest absolute Gasteiger partial charge is 0.273 e. The van der Waals surface area contributed by atoms with Crippen molar-refractivity contribution in [3.63, 3.8) is 0 Å². The van der Waals surface area contributed by atoms with E-state index in [0.29, 0.717) is 37.4 Å². The summed E-state index contributed by atoms with van der Waals surface area (Å²) in [4.78, 5) is 34.2. The number of nitrogens with zero attached hydrogens (tertiary/aromatic N) is 5. The van der Waals surface area contributed by atoms with Gasteiger partial charge in [0.1, 0.15) is 5.82 Å². The van der Waals surface area contributed by atoms with E-state index in [1.165, 1.54) is 17.6 Å². The van der Waals surface area contributed by atoms with Crippen molar-refractivity contribution < 1.29 is 9.72 Å². The Morgan fingerprint density at radius 3 is 2.69 bits per heavy atom. The van der Waals surface area contributed by atoms with Crippen molar-refractivity contribution in [3.05, 3.63) is 93.1 Å². The van der Waals surface area contributed by atoms with Gasteiger partial charge in [0.15, 0.2) is 0 Å². The molecule has 178 valence electrons. The standard InChI is InChI=1S/C25H23N5O3S2/c1-17-16-28(25-26-23(27-35-25)15-18-7-2-5-10-21(18)30(32)33)12-13-29(17)24(31)20-9-4-3-8-19(20)22-11-6-14-34-22/h2-11,14,17H,12-13,15-16H2,1H3. The third-order valence-electron chi connectivity index (χ3n) is 6.10. The summed E-state index contributed by atoms with van der Waals surface area (Å²) in [5, 5.41) is 14.1. The van der Waals surface area contributed by atoms with Crippen LogP contribution in [0.2, 0.25) is 0 Å². The fourth-order valence-corrected chi connectivity index (χ4v) is 5.84. The zero-order chi connectivity index (χ0) is 24.4. The molecule has 1 aliphatic heterocycles. The third-order valence-corrected chi connectivity index (χ3v) is 7.82. The molecule has 0 radical (unpaired) electrons. The summed E-state index contributed by atoms with van der Waals surface area (Å²) in [6, 6.07) is 18.5. The van der Waals surface area contributed by atoms with Gasteiger partial charge in [-0.25, -0.2) is 4.98 Å². The number of thiophene rings is 1. The van der Waals surface area contributed by atoms with Crippen molar-refractivity contribution in [2.45, 2.75) is 19.4 Å². The molecule has 0 N–H and O–H groups in total. The van der Waals surface area contributed by atoms with Crippen LogP contribution >= 0.6 is 22.9 Å². The molecule has 5 rings (SSSR count). The highest BCUT2D eigenvalue weighted by molar-refractivity contribution is 7.13. The minimum absolute atomic E-state index is 0.00444. The lowest BCUT2D eigenvalue weighted by atomic mass is 10.0. The highest BCUT2D eigenvalue weighted by atomic mass is 32.1. The van der Waals surface area contributed by atoms with Crippen molar-refractivity contribution in [1.29, 1.82) is 0 Å². The summed E-state index contributed by atoms with van der Waals surface area (Å²) in [7, 11) is 0. The van der Waals surface area contributed by atoms with Gasteiger partial charge in [0.05, 0.1) is 4.92 Å². The number of anilines is 1. The van der Waals surface area contributed by atoms with Crippen molar-refractivity contribution in [2.75, 3.05) is 24.5 Å². The van der Waals surface area contributed by atoms with Crippen LogP contribution in [-0.2, 0) is 6.42 Å². The number of hydrogen-bond donors (Lipinski definition) is 0. The molecule has 1 saturated heterocycles. The van der Waals surface area contributed by atoms with E-state index in [1.807, 2.05) is 53.6 Å². The van der Waals surface area contributed by atoms with E-state index < -0.39 is 0 Å². The number of amides is 1. The highest BCUT2D eigenvalue weighted by Gasteiger charge is 2.31. The predicted octanol–water partition coefficient (Wildman–Crippen LogP) is 5.12. The Balaban J connectivity index is 1.28. The molecule has 8 nitrogen and oxygen atoms in total. The van der Waals surface area contributed by atoms with Gasteiger partial charge in [0.2, 0.25) is 5.13 Å². The van der Waals surface area contributed by atoms with Crippen molar-refractivity contribution in [2.24, 2.45) is 0 Å². The maximum atomic E-state index is 13.5. The predicted molar refractivity (Wildman–Crippen MR) is 138 cm³/mol. The average molecular weight is 506 g/mol. The Hall–Kier alpha value is -3.63. The molecule has 0 aliphatic carbocycles. The SMILES string of the molecule is CC1CN(c2nc(Cc3ccccc3[N+](=O)[O-])ns2)CCN1C(=O)c1ccccc1-c1cccs1. The second kappa shape index (κ2) is 9.93. The molecule has 1 amide bonds. The molecule has 1 unspecified atom stereocenters. The van der Waals surface area contributed by atoms with E-state index in [-0.39, 0.29) is 22.6 Å². The van der Waals surface area contributed by atoms with Crippen LogP contribution < -0.4 is 4.90 Å². The van der Waals surface area contributed by atoms with Crippen molar-refractivity contribution in [3.8, 4) is 10.4 Å². The minimum atomic E-state index is -0.378. The number of carbonyl (C=O) groups is 1. The summed E-state index contributed by atoms with van der Waals surface area (Å²) in [5.74, 6) is 0.603. The van der Waals surface area contributed by atoms with E-state index in [0.717, 1.165) is 21.1 Å². The number of benzene rings is 2. The quantitative estimate of drug-likeness (QED) is 0.267. The first kappa shape index (κ1) is 23.1. The summed E-state index contributed by atoms with van der Waals surface area (Å²) >= 11 is 2.92. The number of carbonyl (C=O) groups excluding carboxylic acids is 1. The topological polar surface area (TPSA) is 92.5 Å². The molecule has 1 fully saturated rings. The zero-order valence-corrected chi connectivity index (χ0v) is 20.7. The summed E-state index contributed by atoms with van der Waals surface area (Å²) in [6.45, 7) is 3.93. The third kappa shape index (κ3) is 4.80. The van der Waals surface area contributed by atoms with Gasteiger partial charge in [0.25, 0.3) is 11.6 Å². The number of nitro groups is 1. The number of piperazine rings is 1. The van der Waals surface area contributed by atoms with Gasteiger partial charge in [-0.3, -0.25) is 14.9 Å². The molecular formula is C25H23N5O3S2. The van der Waals surface area contributed by atoms with E-state index in [4.69, 9.17) is 0 Å². The number of nitro benzene ring substituents is 1. The van der Waals surface area contributed by atoms with E-state index in [1.54, 1.807) is 29.5 Å².